The normalized spacial score (nSPS) is 13.4. The number of alkyl halides is 3. The molecule has 0 saturated heterocycles. The van der Waals surface area contributed by atoms with Crippen molar-refractivity contribution in [1.29, 1.82) is 0 Å². The molecule has 0 bridgehead atoms. The van der Waals surface area contributed by atoms with Gasteiger partial charge in [0.2, 0.25) is 0 Å². The summed E-state index contributed by atoms with van der Waals surface area (Å²) in [6, 6.07) is 3.93. The highest BCUT2D eigenvalue weighted by molar-refractivity contribution is 6.32. The van der Waals surface area contributed by atoms with E-state index in [1.165, 1.54) is 18.2 Å². The van der Waals surface area contributed by atoms with Gasteiger partial charge in [0.1, 0.15) is 5.75 Å². The molecule has 1 rings (SSSR count). The molecule has 108 valence electrons. The predicted octanol–water partition coefficient (Wildman–Crippen LogP) is 4.82. The van der Waals surface area contributed by atoms with Gasteiger partial charge in [-0.15, -0.1) is 13.2 Å². The molecule has 0 heterocycles. The third-order valence-corrected chi connectivity index (χ3v) is 3.02. The minimum Gasteiger partial charge on any atom is -0.404 e. The van der Waals surface area contributed by atoms with Crippen LogP contribution in [0.2, 0.25) is 5.02 Å². The maximum absolute atomic E-state index is 12.1. The summed E-state index contributed by atoms with van der Waals surface area (Å²) in [6.45, 7) is 2.09. The van der Waals surface area contributed by atoms with E-state index in [-0.39, 0.29) is 11.1 Å². The van der Waals surface area contributed by atoms with Gasteiger partial charge in [-0.3, -0.25) is 0 Å². The second-order valence-electron chi connectivity index (χ2n) is 4.34. The van der Waals surface area contributed by atoms with Gasteiger partial charge >= 0.3 is 6.36 Å². The molecular weight excluding hydrogens is 279 g/mol. The summed E-state index contributed by atoms with van der Waals surface area (Å²) < 4.78 is 40.0. The molecule has 0 unspecified atom stereocenters. The van der Waals surface area contributed by atoms with Gasteiger partial charge in [-0.05, 0) is 24.1 Å². The van der Waals surface area contributed by atoms with Crippen molar-refractivity contribution in [2.45, 2.75) is 45.0 Å². The Kier molecular flexibility index (Phi) is 5.94. The average molecular weight is 296 g/mol. The summed E-state index contributed by atoms with van der Waals surface area (Å²) in [6.07, 6.45) is -0.809. The highest BCUT2D eigenvalue weighted by Crippen LogP contribution is 2.32. The van der Waals surface area contributed by atoms with Crippen LogP contribution in [0.15, 0.2) is 18.2 Å². The fraction of sp³-hybridized carbons (Fsp3) is 0.538. The number of nitrogens with two attached hydrogens (primary N) is 1. The Labute approximate surface area is 115 Å². The highest BCUT2D eigenvalue weighted by atomic mass is 35.5. The number of unbranched alkanes of at least 4 members (excludes halogenated alkanes) is 2. The smallest absolute Gasteiger partial charge is 0.404 e. The van der Waals surface area contributed by atoms with Gasteiger partial charge in [-0.2, -0.15) is 0 Å². The first-order chi connectivity index (χ1) is 8.83. The average Bonchev–Trinajstić information content (AvgIpc) is 2.30. The lowest BCUT2D eigenvalue weighted by molar-refractivity contribution is -0.274. The molecule has 1 aromatic carbocycles. The molecule has 0 fully saturated rings. The summed E-state index contributed by atoms with van der Waals surface area (Å²) in [7, 11) is 0. The fourth-order valence-electron chi connectivity index (χ4n) is 1.74. The zero-order chi connectivity index (χ0) is 14.5. The minimum atomic E-state index is -4.74. The van der Waals surface area contributed by atoms with Gasteiger partial charge in [0, 0.05) is 6.04 Å². The number of hydrogen-bond acceptors (Lipinski definition) is 2. The lowest BCUT2D eigenvalue weighted by Gasteiger charge is -2.15. The van der Waals surface area contributed by atoms with Crippen molar-refractivity contribution in [3.8, 4) is 5.75 Å². The van der Waals surface area contributed by atoms with Crippen LogP contribution in [0, 0.1) is 0 Å². The fourth-order valence-corrected chi connectivity index (χ4v) is 1.96. The van der Waals surface area contributed by atoms with Crippen LogP contribution in [0.3, 0.4) is 0 Å². The van der Waals surface area contributed by atoms with Crippen LogP contribution in [0.25, 0.3) is 0 Å². The van der Waals surface area contributed by atoms with Gasteiger partial charge in [-0.25, -0.2) is 0 Å². The Morgan fingerprint density at radius 2 is 2.00 bits per heavy atom. The monoisotopic (exact) mass is 295 g/mol. The molecule has 2 N–H and O–H groups in total. The number of rotatable bonds is 6. The van der Waals surface area contributed by atoms with Crippen LogP contribution in [0.4, 0.5) is 13.2 Å². The summed E-state index contributed by atoms with van der Waals surface area (Å²) in [5, 5.41) is -0.0826. The molecule has 0 saturated carbocycles. The van der Waals surface area contributed by atoms with Gasteiger partial charge < -0.3 is 10.5 Å². The number of benzene rings is 1. The number of ether oxygens (including phenoxy) is 1. The van der Waals surface area contributed by atoms with E-state index in [9.17, 15) is 13.2 Å². The van der Waals surface area contributed by atoms with Crippen LogP contribution in [0.1, 0.15) is 44.2 Å². The maximum Gasteiger partial charge on any atom is 0.573 e. The molecule has 19 heavy (non-hydrogen) atoms. The first-order valence-corrected chi connectivity index (χ1v) is 6.52. The summed E-state index contributed by atoms with van der Waals surface area (Å²) in [5.41, 5.74) is 6.68. The van der Waals surface area contributed by atoms with Crippen LogP contribution in [-0.4, -0.2) is 6.36 Å². The van der Waals surface area contributed by atoms with E-state index in [0.29, 0.717) is 0 Å². The summed E-state index contributed by atoms with van der Waals surface area (Å²) in [4.78, 5) is 0. The lowest BCUT2D eigenvalue weighted by Crippen LogP contribution is -2.17. The molecule has 0 radical (unpaired) electrons. The van der Waals surface area contributed by atoms with Crippen LogP contribution >= 0.6 is 11.6 Å². The van der Waals surface area contributed by atoms with E-state index in [0.717, 1.165) is 31.2 Å². The molecule has 0 aliphatic rings. The van der Waals surface area contributed by atoms with E-state index in [4.69, 9.17) is 17.3 Å². The zero-order valence-electron chi connectivity index (χ0n) is 10.6. The quantitative estimate of drug-likeness (QED) is 0.764. The molecule has 0 spiro atoms. The van der Waals surface area contributed by atoms with E-state index in [1.54, 1.807) is 0 Å². The van der Waals surface area contributed by atoms with Crippen molar-refractivity contribution < 1.29 is 17.9 Å². The summed E-state index contributed by atoms with van der Waals surface area (Å²) in [5.74, 6) is -0.404. The second-order valence-corrected chi connectivity index (χ2v) is 4.75. The molecular formula is C13H17ClF3NO. The maximum atomic E-state index is 12.1. The molecule has 0 amide bonds. The van der Waals surface area contributed by atoms with Crippen LogP contribution in [0.5, 0.6) is 5.75 Å². The van der Waals surface area contributed by atoms with E-state index >= 15 is 0 Å². The standard InChI is InChI=1S/C13H17ClF3NO/c1-2-3-4-5-11(18)9-6-7-12(10(14)8-9)19-13(15,16)17/h6-8,11H,2-5,18H2,1H3/t11-/m0/s1. The van der Waals surface area contributed by atoms with Crippen LogP contribution in [-0.2, 0) is 0 Å². The summed E-state index contributed by atoms with van der Waals surface area (Å²) >= 11 is 5.76. The van der Waals surface area contributed by atoms with Crippen molar-refractivity contribution >= 4 is 11.6 Å². The third-order valence-electron chi connectivity index (χ3n) is 2.73. The molecule has 0 aromatic heterocycles. The van der Waals surface area contributed by atoms with Gasteiger partial charge in [0.25, 0.3) is 0 Å². The van der Waals surface area contributed by atoms with Crippen molar-refractivity contribution in [2.24, 2.45) is 5.73 Å². The molecule has 2 nitrogen and oxygen atoms in total. The first kappa shape index (κ1) is 16.1. The third kappa shape index (κ3) is 5.70. The number of hydrogen-bond donors (Lipinski definition) is 1. The van der Waals surface area contributed by atoms with E-state index in [2.05, 4.69) is 11.7 Å². The first-order valence-electron chi connectivity index (χ1n) is 6.14. The topological polar surface area (TPSA) is 35.2 Å². The van der Waals surface area contributed by atoms with Gasteiger partial charge in [-0.1, -0.05) is 43.9 Å². The predicted molar refractivity (Wildman–Crippen MR) is 69.2 cm³/mol. The Morgan fingerprint density at radius 1 is 1.32 bits per heavy atom. The molecule has 1 aromatic rings. The van der Waals surface area contributed by atoms with Crippen molar-refractivity contribution in [3.05, 3.63) is 28.8 Å². The second kappa shape index (κ2) is 7.01. The lowest BCUT2D eigenvalue weighted by atomic mass is 10.0. The van der Waals surface area contributed by atoms with E-state index < -0.39 is 12.1 Å². The Balaban J connectivity index is 2.70. The van der Waals surface area contributed by atoms with Crippen LogP contribution < -0.4 is 10.5 Å². The van der Waals surface area contributed by atoms with Crippen molar-refractivity contribution in [2.75, 3.05) is 0 Å². The van der Waals surface area contributed by atoms with Gasteiger partial charge in [0.15, 0.2) is 0 Å². The Morgan fingerprint density at radius 3 is 2.53 bits per heavy atom. The van der Waals surface area contributed by atoms with Gasteiger partial charge in [0.05, 0.1) is 5.02 Å². The Bertz CT molecular complexity index is 409. The molecule has 1 atom stereocenters. The zero-order valence-corrected chi connectivity index (χ0v) is 11.4. The molecule has 6 heteroatoms. The van der Waals surface area contributed by atoms with Crippen molar-refractivity contribution in [1.82, 2.24) is 0 Å². The largest absolute Gasteiger partial charge is 0.573 e. The number of halogens is 4. The highest BCUT2D eigenvalue weighted by Gasteiger charge is 2.32. The Hall–Kier alpha value is -0.940. The molecule has 0 aliphatic heterocycles. The minimum absolute atomic E-state index is 0.0826. The SMILES string of the molecule is CCCCC[C@H](N)c1ccc(OC(F)(F)F)c(Cl)c1. The van der Waals surface area contributed by atoms with Crippen molar-refractivity contribution in [3.63, 3.8) is 0 Å². The van der Waals surface area contributed by atoms with E-state index in [1.807, 2.05) is 0 Å². The molecule has 0 aliphatic carbocycles.